The number of para-hydroxylation sites is 2. The van der Waals surface area contributed by atoms with Crippen LogP contribution in [0, 0.1) is 6.92 Å². The summed E-state index contributed by atoms with van der Waals surface area (Å²) < 4.78 is 29.2. The molecular weight excluding hydrogens is 358 g/mol. The van der Waals surface area contributed by atoms with Gasteiger partial charge in [-0.3, -0.25) is 0 Å². The molecule has 0 spiro atoms. The molecular formula is C18H20ClN3O2S. The molecule has 2 aromatic carbocycles. The number of aryl methyl sites for hydroxylation is 2. The van der Waals surface area contributed by atoms with Crippen LogP contribution in [0.15, 0.2) is 48.5 Å². The zero-order valence-corrected chi connectivity index (χ0v) is 15.5. The van der Waals surface area contributed by atoms with Crippen LogP contribution in [0.2, 0.25) is 5.02 Å². The number of nitrogens with one attached hydrogen (secondary N) is 1. The van der Waals surface area contributed by atoms with Crippen LogP contribution in [0.25, 0.3) is 11.0 Å². The number of fused-ring (bicyclic) bond motifs is 1. The number of nitrogens with zero attached hydrogens (tertiary/aromatic N) is 2. The first-order valence-corrected chi connectivity index (χ1v) is 10.1. The van der Waals surface area contributed by atoms with Crippen LogP contribution in [0.4, 0.5) is 0 Å². The Kier molecular flexibility index (Phi) is 5.42. The normalized spacial score (nSPS) is 11.9. The van der Waals surface area contributed by atoms with E-state index in [9.17, 15) is 8.42 Å². The molecule has 0 fully saturated rings. The molecule has 5 nitrogen and oxygen atoms in total. The van der Waals surface area contributed by atoms with Crippen molar-refractivity contribution in [2.75, 3.05) is 6.54 Å². The molecule has 0 aliphatic rings. The van der Waals surface area contributed by atoms with E-state index < -0.39 is 10.0 Å². The fraction of sp³-hybridized carbons (Fsp3) is 0.278. The number of hydrogen-bond donors (Lipinski definition) is 1. The summed E-state index contributed by atoms with van der Waals surface area (Å²) in [5, 5.41) is 0.466. The Bertz CT molecular complexity index is 983. The number of halogens is 1. The van der Waals surface area contributed by atoms with E-state index in [4.69, 9.17) is 11.6 Å². The Morgan fingerprint density at radius 3 is 2.64 bits per heavy atom. The fourth-order valence-corrected chi connectivity index (χ4v) is 4.31. The van der Waals surface area contributed by atoms with Crippen molar-refractivity contribution in [3.8, 4) is 0 Å². The Balaban J connectivity index is 1.57. The molecule has 0 aliphatic heterocycles. The van der Waals surface area contributed by atoms with E-state index in [1.807, 2.05) is 31.2 Å². The summed E-state index contributed by atoms with van der Waals surface area (Å²) in [5.74, 6) is 0.819. The van der Waals surface area contributed by atoms with Crippen molar-refractivity contribution in [1.29, 1.82) is 0 Å². The van der Waals surface area contributed by atoms with Gasteiger partial charge < -0.3 is 4.57 Å². The summed E-state index contributed by atoms with van der Waals surface area (Å²) in [7, 11) is -3.41. The van der Waals surface area contributed by atoms with Crippen LogP contribution in [0.3, 0.4) is 0 Å². The fourth-order valence-electron chi connectivity index (χ4n) is 2.81. The maximum Gasteiger partial charge on any atom is 0.215 e. The second-order valence-electron chi connectivity index (χ2n) is 5.90. The number of imidazole rings is 1. The highest BCUT2D eigenvalue weighted by Gasteiger charge is 2.13. The molecule has 0 atom stereocenters. The molecule has 1 heterocycles. The van der Waals surface area contributed by atoms with Crippen molar-refractivity contribution in [2.24, 2.45) is 0 Å². The van der Waals surface area contributed by atoms with Crippen molar-refractivity contribution in [2.45, 2.75) is 25.6 Å². The molecule has 0 radical (unpaired) electrons. The predicted molar refractivity (Wildman–Crippen MR) is 101 cm³/mol. The average molecular weight is 378 g/mol. The van der Waals surface area contributed by atoms with E-state index >= 15 is 0 Å². The van der Waals surface area contributed by atoms with Crippen molar-refractivity contribution in [3.05, 3.63) is 64.9 Å². The smallest absolute Gasteiger partial charge is 0.215 e. The van der Waals surface area contributed by atoms with E-state index in [0.717, 1.165) is 16.9 Å². The van der Waals surface area contributed by atoms with Gasteiger partial charge in [0, 0.05) is 18.1 Å². The maximum absolute atomic E-state index is 12.2. The molecule has 1 N–H and O–H groups in total. The summed E-state index contributed by atoms with van der Waals surface area (Å²) in [5.41, 5.74) is 2.63. The Hall–Kier alpha value is -1.89. The van der Waals surface area contributed by atoms with E-state index in [1.165, 1.54) is 0 Å². The third kappa shape index (κ3) is 4.39. The van der Waals surface area contributed by atoms with E-state index in [-0.39, 0.29) is 5.75 Å². The average Bonchev–Trinajstić information content (AvgIpc) is 2.89. The number of hydrogen-bond acceptors (Lipinski definition) is 3. The van der Waals surface area contributed by atoms with Gasteiger partial charge in [0.1, 0.15) is 5.82 Å². The highest BCUT2D eigenvalue weighted by molar-refractivity contribution is 7.88. The lowest BCUT2D eigenvalue weighted by Crippen LogP contribution is -2.27. The number of aromatic nitrogens is 2. The lowest BCUT2D eigenvalue weighted by atomic mass is 10.2. The summed E-state index contributed by atoms with van der Waals surface area (Å²) in [6.07, 6.45) is 0.683. The topological polar surface area (TPSA) is 64.0 Å². The molecule has 3 aromatic rings. The van der Waals surface area contributed by atoms with Crippen LogP contribution in [-0.4, -0.2) is 24.5 Å². The molecule has 0 saturated carbocycles. The van der Waals surface area contributed by atoms with Gasteiger partial charge in [0.2, 0.25) is 10.0 Å². The highest BCUT2D eigenvalue weighted by Crippen LogP contribution is 2.18. The van der Waals surface area contributed by atoms with E-state index in [0.29, 0.717) is 30.1 Å². The summed E-state index contributed by atoms with van der Waals surface area (Å²) in [6.45, 7) is 3.04. The Morgan fingerprint density at radius 2 is 1.84 bits per heavy atom. The molecule has 25 heavy (non-hydrogen) atoms. The Morgan fingerprint density at radius 1 is 1.12 bits per heavy atom. The van der Waals surface area contributed by atoms with Gasteiger partial charge in [-0.1, -0.05) is 41.9 Å². The molecule has 3 rings (SSSR count). The quantitative estimate of drug-likeness (QED) is 0.641. The molecule has 0 aliphatic carbocycles. The van der Waals surface area contributed by atoms with E-state index in [2.05, 4.69) is 14.3 Å². The van der Waals surface area contributed by atoms with Crippen molar-refractivity contribution < 1.29 is 8.42 Å². The predicted octanol–water partition coefficient (Wildman–Crippen LogP) is 3.51. The number of rotatable bonds is 7. The van der Waals surface area contributed by atoms with Crippen molar-refractivity contribution >= 4 is 32.7 Å². The second kappa shape index (κ2) is 7.56. The van der Waals surface area contributed by atoms with Gasteiger partial charge in [-0.15, -0.1) is 0 Å². The lowest BCUT2D eigenvalue weighted by Gasteiger charge is -2.09. The molecule has 7 heteroatoms. The second-order valence-corrected chi connectivity index (χ2v) is 8.11. The highest BCUT2D eigenvalue weighted by atomic mass is 35.5. The molecule has 0 saturated heterocycles. The maximum atomic E-state index is 12.2. The van der Waals surface area contributed by atoms with Crippen molar-refractivity contribution in [3.63, 3.8) is 0 Å². The van der Waals surface area contributed by atoms with Gasteiger partial charge in [0.25, 0.3) is 0 Å². The van der Waals surface area contributed by atoms with Crippen molar-refractivity contribution in [1.82, 2.24) is 14.3 Å². The zero-order valence-electron chi connectivity index (χ0n) is 13.9. The first-order valence-electron chi connectivity index (χ1n) is 8.09. The third-order valence-corrected chi connectivity index (χ3v) is 5.73. The Labute approximate surface area is 152 Å². The minimum Gasteiger partial charge on any atom is -0.328 e. The third-order valence-electron chi connectivity index (χ3n) is 4.03. The van der Waals surface area contributed by atoms with Gasteiger partial charge >= 0.3 is 0 Å². The standard InChI is InChI=1S/C18H20ClN3O2S/c1-14-21-17-9-4-5-10-18(17)22(14)12-6-11-20-25(23,24)13-15-7-2-3-8-16(15)19/h2-5,7-10,20H,6,11-13H2,1H3. The number of sulfonamides is 1. The molecule has 132 valence electrons. The first-order chi connectivity index (χ1) is 12.0. The molecule has 0 unspecified atom stereocenters. The monoisotopic (exact) mass is 377 g/mol. The van der Waals surface area contributed by atoms with Gasteiger partial charge in [-0.25, -0.2) is 18.1 Å². The van der Waals surface area contributed by atoms with Gasteiger partial charge in [0.15, 0.2) is 0 Å². The SMILES string of the molecule is Cc1nc2ccccc2n1CCCNS(=O)(=O)Cc1ccccc1Cl. The van der Waals surface area contributed by atoms with Gasteiger partial charge in [0.05, 0.1) is 16.8 Å². The lowest BCUT2D eigenvalue weighted by molar-refractivity contribution is 0.569. The first kappa shape index (κ1) is 17.9. The summed E-state index contributed by atoms with van der Waals surface area (Å²) in [4.78, 5) is 4.52. The molecule has 0 amide bonds. The largest absolute Gasteiger partial charge is 0.328 e. The van der Waals surface area contributed by atoms with Crippen LogP contribution in [0.5, 0.6) is 0 Å². The van der Waals surface area contributed by atoms with Crippen LogP contribution in [0.1, 0.15) is 17.8 Å². The zero-order chi connectivity index (χ0) is 17.9. The number of benzene rings is 2. The minimum atomic E-state index is -3.41. The van der Waals surface area contributed by atoms with Crippen LogP contribution >= 0.6 is 11.6 Å². The minimum absolute atomic E-state index is 0.111. The van der Waals surface area contributed by atoms with Gasteiger partial charge in [-0.05, 0) is 37.1 Å². The molecule has 0 bridgehead atoms. The van der Waals surface area contributed by atoms with E-state index in [1.54, 1.807) is 24.3 Å². The van der Waals surface area contributed by atoms with Gasteiger partial charge in [-0.2, -0.15) is 0 Å². The van der Waals surface area contributed by atoms with Crippen LogP contribution < -0.4 is 4.72 Å². The summed E-state index contributed by atoms with van der Waals surface area (Å²) >= 11 is 6.03. The molecule has 1 aromatic heterocycles. The summed E-state index contributed by atoms with van der Waals surface area (Å²) in [6, 6.07) is 14.9. The van der Waals surface area contributed by atoms with Crippen LogP contribution in [-0.2, 0) is 22.3 Å².